The Bertz CT molecular complexity index is 719. The van der Waals surface area contributed by atoms with Crippen LogP contribution in [0.1, 0.15) is 19.8 Å². The first-order valence-corrected chi connectivity index (χ1v) is 9.93. The maximum absolute atomic E-state index is 13.0. The number of unbranched alkanes of at least 4 members (excludes halogenated alkanes) is 1. The van der Waals surface area contributed by atoms with Gasteiger partial charge in [-0.25, -0.2) is 9.07 Å². The summed E-state index contributed by atoms with van der Waals surface area (Å²) in [6, 6.07) is 6.72. The van der Waals surface area contributed by atoms with E-state index in [2.05, 4.69) is 27.1 Å². The SMILES string of the molecule is CCCCNc1nn(CN2CCN(c3ccc(F)cc3)CC2)c(=S)s1. The molecule has 0 aliphatic carbocycles. The fourth-order valence-corrected chi connectivity index (χ4v) is 3.85. The van der Waals surface area contributed by atoms with Gasteiger partial charge in [0.2, 0.25) is 5.13 Å². The minimum Gasteiger partial charge on any atom is -0.369 e. The summed E-state index contributed by atoms with van der Waals surface area (Å²) in [4.78, 5) is 4.64. The van der Waals surface area contributed by atoms with Crippen molar-refractivity contribution in [2.75, 3.05) is 42.9 Å². The van der Waals surface area contributed by atoms with E-state index < -0.39 is 0 Å². The summed E-state index contributed by atoms with van der Waals surface area (Å²) in [6.07, 6.45) is 2.30. The molecule has 0 unspecified atom stereocenters. The quantitative estimate of drug-likeness (QED) is 0.583. The third-order valence-electron chi connectivity index (χ3n) is 4.31. The number of rotatable bonds is 7. The normalized spacial score (nSPS) is 15.5. The molecule has 0 spiro atoms. The Morgan fingerprint density at radius 3 is 2.60 bits per heavy atom. The van der Waals surface area contributed by atoms with E-state index >= 15 is 0 Å². The lowest BCUT2D eigenvalue weighted by Gasteiger charge is -2.35. The molecule has 1 saturated heterocycles. The zero-order valence-corrected chi connectivity index (χ0v) is 16.1. The molecule has 136 valence electrons. The van der Waals surface area contributed by atoms with Crippen molar-refractivity contribution >= 4 is 34.4 Å². The molecule has 0 radical (unpaired) electrons. The average molecular weight is 382 g/mol. The molecule has 1 aliphatic rings. The van der Waals surface area contributed by atoms with Crippen molar-refractivity contribution in [2.45, 2.75) is 26.4 Å². The first kappa shape index (κ1) is 18.3. The molecule has 3 rings (SSSR count). The van der Waals surface area contributed by atoms with Crippen LogP contribution < -0.4 is 10.2 Å². The summed E-state index contributed by atoms with van der Waals surface area (Å²) in [5.74, 6) is -0.191. The van der Waals surface area contributed by atoms with Gasteiger partial charge in [-0.3, -0.25) is 4.90 Å². The van der Waals surface area contributed by atoms with Gasteiger partial charge >= 0.3 is 0 Å². The lowest BCUT2D eigenvalue weighted by atomic mass is 10.2. The van der Waals surface area contributed by atoms with Gasteiger partial charge < -0.3 is 10.2 Å². The Kier molecular flexibility index (Phi) is 6.39. The molecule has 2 heterocycles. The van der Waals surface area contributed by atoms with Gasteiger partial charge in [0.15, 0.2) is 3.95 Å². The number of nitrogens with zero attached hydrogens (tertiary/aromatic N) is 4. The van der Waals surface area contributed by atoms with Crippen molar-refractivity contribution in [1.29, 1.82) is 0 Å². The van der Waals surface area contributed by atoms with Crippen LogP contribution in [0.5, 0.6) is 0 Å². The van der Waals surface area contributed by atoms with Crippen molar-refractivity contribution in [2.24, 2.45) is 0 Å². The number of halogens is 1. The smallest absolute Gasteiger partial charge is 0.204 e. The van der Waals surface area contributed by atoms with Crippen LogP contribution in [-0.2, 0) is 6.67 Å². The van der Waals surface area contributed by atoms with Gasteiger partial charge in [-0.05, 0) is 42.9 Å². The standard InChI is InChI=1S/C17H24FN5S2/c1-2-3-8-19-16-20-23(17(24)25-16)13-21-9-11-22(12-10-21)15-6-4-14(18)5-7-15/h4-7H,2-3,8-13H2,1H3,(H,19,20). The molecule has 0 saturated carbocycles. The van der Waals surface area contributed by atoms with Gasteiger partial charge in [-0.1, -0.05) is 24.7 Å². The maximum Gasteiger partial charge on any atom is 0.204 e. The van der Waals surface area contributed by atoms with Gasteiger partial charge in [0, 0.05) is 38.4 Å². The van der Waals surface area contributed by atoms with Crippen LogP contribution in [0.25, 0.3) is 0 Å². The molecule has 0 bridgehead atoms. The first-order valence-electron chi connectivity index (χ1n) is 8.70. The third-order valence-corrected chi connectivity index (χ3v) is 5.58. The maximum atomic E-state index is 13.0. The van der Waals surface area contributed by atoms with Gasteiger partial charge in [-0.15, -0.1) is 5.10 Å². The zero-order chi connectivity index (χ0) is 17.6. The Hall–Kier alpha value is -1.51. The molecule has 0 amide bonds. The van der Waals surface area contributed by atoms with Crippen LogP contribution in [-0.4, -0.2) is 47.4 Å². The molecule has 5 nitrogen and oxygen atoms in total. The second-order valence-corrected chi connectivity index (χ2v) is 7.80. The Labute approximate surface area is 157 Å². The van der Waals surface area contributed by atoms with Crippen LogP contribution in [0, 0.1) is 9.77 Å². The minimum atomic E-state index is -0.191. The van der Waals surface area contributed by atoms with Gasteiger partial charge in [0.1, 0.15) is 5.82 Å². The highest BCUT2D eigenvalue weighted by Crippen LogP contribution is 2.18. The molecule has 0 atom stereocenters. The number of benzene rings is 1. The van der Waals surface area contributed by atoms with E-state index in [1.807, 2.05) is 16.8 Å². The molecular formula is C17H24FN5S2. The topological polar surface area (TPSA) is 36.3 Å². The number of aromatic nitrogens is 2. The molecule has 8 heteroatoms. The van der Waals surface area contributed by atoms with Crippen molar-refractivity contribution in [3.63, 3.8) is 0 Å². The molecule has 1 aliphatic heterocycles. The van der Waals surface area contributed by atoms with E-state index in [4.69, 9.17) is 12.2 Å². The summed E-state index contributed by atoms with van der Waals surface area (Å²) in [5, 5.41) is 8.83. The number of nitrogens with one attached hydrogen (secondary N) is 1. The third kappa shape index (κ3) is 4.99. The van der Waals surface area contributed by atoms with E-state index in [1.165, 1.54) is 23.5 Å². The van der Waals surface area contributed by atoms with E-state index in [0.717, 1.165) is 67.0 Å². The molecule has 1 N–H and O–H groups in total. The Morgan fingerprint density at radius 2 is 1.92 bits per heavy atom. The van der Waals surface area contributed by atoms with Crippen LogP contribution in [0.15, 0.2) is 24.3 Å². The predicted molar refractivity (Wildman–Crippen MR) is 105 cm³/mol. The molecule has 1 fully saturated rings. The number of piperazine rings is 1. The van der Waals surface area contributed by atoms with Crippen molar-refractivity contribution < 1.29 is 4.39 Å². The summed E-state index contributed by atoms with van der Waals surface area (Å²) < 4.78 is 15.8. The van der Waals surface area contributed by atoms with E-state index in [-0.39, 0.29) is 5.82 Å². The summed E-state index contributed by atoms with van der Waals surface area (Å²) in [6.45, 7) is 7.56. The molecule has 25 heavy (non-hydrogen) atoms. The monoisotopic (exact) mass is 381 g/mol. The first-order chi connectivity index (χ1) is 12.2. The second kappa shape index (κ2) is 8.73. The van der Waals surface area contributed by atoms with Crippen molar-refractivity contribution in [1.82, 2.24) is 14.7 Å². The van der Waals surface area contributed by atoms with Crippen LogP contribution in [0.4, 0.5) is 15.2 Å². The fraction of sp³-hybridized carbons (Fsp3) is 0.529. The molecule has 1 aromatic heterocycles. The number of hydrogen-bond acceptors (Lipinski definition) is 6. The molecule has 1 aromatic carbocycles. The lowest BCUT2D eigenvalue weighted by Crippen LogP contribution is -2.46. The number of anilines is 2. The molecular weight excluding hydrogens is 357 g/mol. The predicted octanol–water partition coefficient (Wildman–Crippen LogP) is 3.80. The largest absolute Gasteiger partial charge is 0.369 e. The van der Waals surface area contributed by atoms with Crippen LogP contribution in [0.2, 0.25) is 0 Å². The Balaban J connectivity index is 1.52. The van der Waals surface area contributed by atoms with Gasteiger partial charge in [0.25, 0.3) is 0 Å². The van der Waals surface area contributed by atoms with Crippen molar-refractivity contribution in [3.8, 4) is 0 Å². The van der Waals surface area contributed by atoms with Gasteiger partial charge in [-0.2, -0.15) is 0 Å². The Morgan fingerprint density at radius 1 is 1.20 bits per heavy atom. The average Bonchev–Trinajstić information content (AvgIpc) is 2.96. The fourth-order valence-electron chi connectivity index (χ4n) is 2.83. The summed E-state index contributed by atoms with van der Waals surface area (Å²) in [7, 11) is 0. The van der Waals surface area contributed by atoms with Crippen molar-refractivity contribution in [3.05, 3.63) is 34.0 Å². The number of hydrogen-bond donors (Lipinski definition) is 1. The second-order valence-electron chi connectivity index (χ2n) is 6.18. The lowest BCUT2D eigenvalue weighted by molar-refractivity contribution is 0.195. The van der Waals surface area contributed by atoms with E-state index in [1.54, 1.807) is 0 Å². The zero-order valence-electron chi connectivity index (χ0n) is 14.4. The highest BCUT2D eigenvalue weighted by atomic mass is 32.1. The van der Waals surface area contributed by atoms with E-state index in [0.29, 0.717) is 0 Å². The summed E-state index contributed by atoms with van der Waals surface area (Å²) >= 11 is 6.97. The summed E-state index contributed by atoms with van der Waals surface area (Å²) in [5.41, 5.74) is 1.08. The van der Waals surface area contributed by atoms with E-state index in [9.17, 15) is 4.39 Å². The highest BCUT2D eigenvalue weighted by molar-refractivity contribution is 7.73. The van der Waals surface area contributed by atoms with Gasteiger partial charge in [0.05, 0.1) is 6.67 Å². The highest BCUT2D eigenvalue weighted by Gasteiger charge is 2.18. The van der Waals surface area contributed by atoms with Crippen LogP contribution >= 0.6 is 23.6 Å². The molecule has 2 aromatic rings. The van der Waals surface area contributed by atoms with Crippen LogP contribution in [0.3, 0.4) is 0 Å². The minimum absolute atomic E-state index is 0.191.